The van der Waals surface area contributed by atoms with Crippen molar-refractivity contribution >= 4 is 12.1 Å². The molecule has 0 aromatic carbocycles. The fourth-order valence-electron chi connectivity index (χ4n) is 1.73. The zero-order chi connectivity index (χ0) is 12.6. The summed E-state index contributed by atoms with van der Waals surface area (Å²) in [4.78, 5) is 16.7. The predicted molar refractivity (Wildman–Crippen MR) is 66.4 cm³/mol. The van der Waals surface area contributed by atoms with Crippen LogP contribution in [0.5, 0.6) is 0 Å². The minimum absolute atomic E-state index is 0.0720. The highest BCUT2D eigenvalue weighted by atomic mass is 16.5. The quantitative estimate of drug-likeness (QED) is 0.501. The summed E-state index contributed by atoms with van der Waals surface area (Å²) < 4.78 is 5.23. The first-order valence-corrected chi connectivity index (χ1v) is 5.98. The molecule has 1 aliphatic rings. The number of quaternary nitrogens is 1. The zero-order valence-corrected chi connectivity index (χ0v) is 10.1. The molecule has 6 heteroatoms. The normalized spacial score (nSPS) is 16.9. The van der Waals surface area contributed by atoms with Crippen molar-refractivity contribution in [3.8, 4) is 0 Å². The van der Waals surface area contributed by atoms with Gasteiger partial charge >= 0.3 is 0 Å². The highest BCUT2D eigenvalue weighted by Gasteiger charge is 2.16. The van der Waals surface area contributed by atoms with Crippen molar-refractivity contribution in [1.29, 1.82) is 0 Å². The van der Waals surface area contributed by atoms with Crippen molar-refractivity contribution in [1.82, 2.24) is 10.4 Å². The van der Waals surface area contributed by atoms with Crippen LogP contribution in [0.4, 0.5) is 0 Å². The lowest BCUT2D eigenvalue weighted by molar-refractivity contribution is -0.900. The van der Waals surface area contributed by atoms with E-state index < -0.39 is 0 Å². The molecule has 1 fully saturated rings. The average molecular weight is 249 g/mol. The van der Waals surface area contributed by atoms with E-state index in [9.17, 15) is 4.79 Å². The molecule has 2 heterocycles. The molecule has 0 spiro atoms. The Labute approximate surface area is 106 Å². The Hall–Kier alpha value is -1.79. The lowest BCUT2D eigenvalue weighted by Gasteiger charge is -2.22. The van der Waals surface area contributed by atoms with Crippen LogP contribution in [0.3, 0.4) is 0 Å². The average Bonchev–Trinajstić information content (AvgIpc) is 2.41. The number of rotatable bonds is 4. The summed E-state index contributed by atoms with van der Waals surface area (Å²) in [6.07, 6.45) is 4.97. The third-order valence-electron chi connectivity index (χ3n) is 2.72. The van der Waals surface area contributed by atoms with Crippen LogP contribution >= 0.6 is 0 Å². The van der Waals surface area contributed by atoms with Crippen LogP contribution in [0.2, 0.25) is 0 Å². The number of hydrogen-bond acceptors (Lipinski definition) is 4. The first-order valence-electron chi connectivity index (χ1n) is 5.98. The summed E-state index contributed by atoms with van der Waals surface area (Å²) >= 11 is 0. The van der Waals surface area contributed by atoms with E-state index >= 15 is 0 Å². The molecule has 1 aliphatic heterocycles. The van der Waals surface area contributed by atoms with Gasteiger partial charge in [0.05, 0.1) is 19.4 Å². The van der Waals surface area contributed by atoms with Crippen molar-refractivity contribution in [2.75, 3.05) is 32.8 Å². The van der Waals surface area contributed by atoms with Crippen LogP contribution in [0, 0.1) is 0 Å². The van der Waals surface area contributed by atoms with Crippen molar-refractivity contribution in [2.24, 2.45) is 5.10 Å². The Morgan fingerprint density at radius 3 is 2.89 bits per heavy atom. The SMILES string of the molecule is O=C(C[NH+]1CCOCC1)N/N=C\c1ccncc1. The molecule has 0 aliphatic carbocycles. The van der Waals surface area contributed by atoms with Gasteiger partial charge in [-0.25, -0.2) is 5.43 Å². The van der Waals surface area contributed by atoms with Gasteiger partial charge < -0.3 is 9.64 Å². The number of pyridine rings is 1. The molecule has 0 saturated carbocycles. The van der Waals surface area contributed by atoms with E-state index in [0.717, 1.165) is 31.9 Å². The van der Waals surface area contributed by atoms with Gasteiger partial charge in [-0.05, 0) is 17.7 Å². The predicted octanol–water partition coefficient (Wildman–Crippen LogP) is -1.55. The number of carbonyl (C=O) groups is 1. The first-order chi connectivity index (χ1) is 8.84. The van der Waals surface area contributed by atoms with Crippen LogP contribution in [-0.2, 0) is 9.53 Å². The number of nitrogens with one attached hydrogen (secondary N) is 2. The lowest BCUT2D eigenvalue weighted by Crippen LogP contribution is -3.15. The Morgan fingerprint density at radius 2 is 2.17 bits per heavy atom. The van der Waals surface area contributed by atoms with Crippen molar-refractivity contribution < 1.29 is 14.4 Å². The van der Waals surface area contributed by atoms with E-state index in [1.807, 2.05) is 12.1 Å². The van der Waals surface area contributed by atoms with Gasteiger partial charge in [-0.2, -0.15) is 5.10 Å². The first kappa shape index (κ1) is 12.7. The van der Waals surface area contributed by atoms with E-state index in [2.05, 4.69) is 15.5 Å². The molecule has 0 unspecified atom stereocenters. The molecule has 0 atom stereocenters. The Morgan fingerprint density at radius 1 is 1.44 bits per heavy atom. The zero-order valence-electron chi connectivity index (χ0n) is 10.1. The van der Waals surface area contributed by atoms with Gasteiger partial charge in [0.2, 0.25) is 0 Å². The smallest absolute Gasteiger partial charge is 0.295 e. The number of carbonyl (C=O) groups excluding carboxylic acids is 1. The van der Waals surface area contributed by atoms with Crippen LogP contribution in [-0.4, -0.2) is 50.0 Å². The highest BCUT2D eigenvalue weighted by Crippen LogP contribution is 1.89. The number of hydrazone groups is 1. The second kappa shape index (κ2) is 6.83. The summed E-state index contributed by atoms with van der Waals surface area (Å²) in [5.74, 6) is -0.0720. The second-order valence-electron chi connectivity index (χ2n) is 4.11. The molecule has 96 valence electrons. The maximum Gasteiger partial charge on any atom is 0.295 e. The molecule has 2 rings (SSSR count). The number of hydrogen-bond donors (Lipinski definition) is 2. The topological polar surface area (TPSA) is 68.0 Å². The van der Waals surface area contributed by atoms with Gasteiger partial charge in [0.1, 0.15) is 13.1 Å². The monoisotopic (exact) mass is 249 g/mol. The fourth-order valence-corrected chi connectivity index (χ4v) is 1.73. The summed E-state index contributed by atoms with van der Waals surface area (Å²) in [6, 6.07) is 3.64. The van der Waals surface area contributed by atoms with Crippen LogP contribution in [0.1, 0.15) is 5.56 Å². The summed E-state index contributed by atoms with van der Waals surface area (Å²) in [5.41, 5.74) is 3.43. The number of nitrogens with zero attached hydrogens (tertiary/aromatic N) is 2. The summed E-state index contributed by atoms with van der Waals surface area (Å²) in [6.45, 7) is 3.64. The molecule has 1 amide bonds. The van der Waals surface area contributed by atoms with E-state index in [1.165, 1.54) is 4.90 Å². The fraction of sp³-hybridized carbons (Fsp3) is 0.417. The Bertz CT molecular complexity index is 402. The molecule has 1 aromatic heterocycles. The molecule has 18 heavy (non-hydrogen) atoms. The summed E-state index contributed by atoms with van der Waals surface area (Å²) in [7, 11) is 0. The number of morpholine rings is 1. The maximum atomic E-state index is 11.6. The minimum Gasteiger partial charge on any atom is -0.370 e. The molecule has 2 N–H and O–H groups in total. The summed E-state index contributed by atoms with van der Waals surface area (Å²) in [5, 5.41) is 3.91. The Kier molecular flexibility index (Phi) is 4.80. The minimum atomic E-state index is -0.0720. The lowest BCUT2D eigenvalue weighted by atomic mass is 10.3. The van der Waals surface area contributed by atoms with E-state index in [4.69, 9.17) is 4.74 Å². The van der Waals surface area contributed by atoms with Crippen LogP contribution < -0.4 is 10.3 Å². The number of ether oxygens (including phenoxy) is 1. The van der Waals surface area contributed by atoms with Crippen molar-refractivity contribution in [3.63, 3.8) is 0 Å². The standard InChI is InChI=1S/C12H16N4O2/c17-12(10-16-5-7-18-8-6-16)15-14-9-11-1-3-13-4-2-11/h1-4,9H,5-8,10H2,(H,15,17)/p+1/b14-9-. The van der Waals surface area contributed by atoms with E-state index in [1.54, 1.807) is 18.6 Å². The van der Waals surface area contributed by atoms with Gasteiger partial charge in [-0.15, -0.1) is 0 Å². The van der Waals surface area contributed by atoms with Crippen LogP contribution in [0.25, 0.3) is 0 Å². The van der Waals surface area contributed by atoms with E-state index in [0.29, 0.717) is 6.54 Å². The van der Waals surface area contributed by atoms with Gasteiger partial charge in [0, 0.05) is 12.4 Å². The third kappa shape index (κ3) is 4.23. The number of aromatic nitrogens is 1. The van der Waals surface area contributed by atoms with E-state index in [-0.39, 0.29) is 5.91 Å². The maximum absolute atomic E-state index is 11.6. The third-order valence-corrected chi connectivity index (χ3v) is 2.72. The molecule has 1 aromatic rings. The van der Waals surface area contributed by atoms with Gasteiger partial charge in [-0.1, -0.05) is 0 Å². The van der Waals surface area contributed by atoms with Crippen LogP contribution in [0.15, 0.2) is 29.6 Å². The van der Waals surface area contributed by atoms with Crippen molar-refractivity contribution in [3.05, 3.63) is 30.1 Å². The van der Waals surface area contributed by atoms with Crippen molar-refractivity contribution in [2.45, 2.75) is 0 Å². The molecule has 1 saturated heterocycles. The molecule has 6 nitrogen and oxygen atoms in total. The largest absolute Gasteiger partial charge is 0.370 e. The number of amides is 1. The van der Waals surface area contributed by atoms with Gasteiger partial charge in [0.25, 0.3) is 5.91 Å². The molecule has 0 bridgehead atoms. The van der Waals surface area contributed by atoms with Gasteiger partial charge in [-0.3, -0.25) is 9.78 Å². The molecular formula is C12H17N4O2+. The Balaban J connectivity index is 1.72. The molecular weight excluding hydrogens is 232 g/mol. The molecule has 0 radical (unpaired) electrons. The highest BCUT2D eigenvalue weighted by molar-refractivity contribution is 5.82. The van der Waals surface area contributed by atoms with Gasteiger partial charge in [0.15, 0.2) is 6.54 Å². The second-order valence-corrected chi connectivity index (χ2v) is 4.11.